The van der Waals surface area contributed by atoms with Crippen LogP contribution in [0.2, 0.25) is 0 Å². The summed E-state index contributed by atoms with van der Waals surface area (Å²) in [5.41, 5.74) is -0.647. The topological polar surface area (TPSA) is 77.4 Å². The van der Waals surface area contributed by atoms with E-state index >= 15 is 0 Å². The summed E-state index contributed by atoms with van der Waals surface area (Å²) >= 11 is 0. The van der Waals surface area contributed by atoms with Crippen molar-refractivity contribution in [3.8, 4) is 0 Å². The molecule has 24 heavy (non-hydrogen) atoms. The van der Waals surface area contributed by atoms with Gasteiger partial charge in [-0.2, -0.15) is 0 Å². The Bertz CT molecular complexity index is 428. The van der Waals surface area contributed by atoms with E-state index in [0.29, 0.717) is 26.2 Å². The minimum atomic E-state index is -0.647. The third-order valence-electron chi connectivity index (χ3n) is 4.75. The van der Waals surface area contributed by atoms with Gasteiger partial charge >= 0.3 is 6.09 Å². The van der Waals surface area contributed by atoms with Crippen molar-refractivity contribution in [3.63, 3.8) is 0 Å². The average Bonchev–Trinajstić information content (AvgIpc) is 2.60. The first-order chi connectivity index (χ1) is 11.6. The number of amides is 1. The molecule has 7 heteroatoms. The molecule has 1 heterocycles. The third-order valence-corrected chi connectivity index (χ3v) is 4.75. The van der Waals surface area contributed by atoms with Gasteiger partial charge in [0.1, 0.15) is 0 Å². The smallest absolute Gasteiger partial charge is 0.409 e. The van der Waals surface area contributed by atoms with Crippen LogP contribution in [0.15, 0.2) is 4.99 Å². The van der Waals surface area contributed by atoms with Crippen LogP contribution in [-0.4, -0.2) is 78.4 Å². The molecule has 2 aliphatic rings. The molecule has 1 saturated carbocycles. The van der Waals surface area contributed by atoms with E-state index in [0.717, 1.165) is 51.3 Å². The lowest BCUT2D eigenvalue weighted by Crippen LogP contribution is -2.54. The number of rotatable bonds is 4. The van der Waals surface area contributed by atoms with Gasteiger partial charge in [-0.25, -0.2) is 4.79 Å². The number of aliphatic hydroxyl groups is 1. The predicted octanol–water partition coefficient (Wildman–Crippen LogP) is 1.42. The molecule has 7 nitrogen and oxygen atoms in total. The van der Waals surface area contributed by atoms with E-state index < -0.39 is 5.60 Å². The summed E-state index contributed by atoms with van der Waals surface area (Å²) in [6, 6.07) is 0. The van der Waals surface area contributed by atoms with Crippen LogP contribution in [0.25, 0.3) is 0 Å². The number of aliphatic imine (C=N–C) groups is 1. The second-order valence-electron chi connectivity index (χ2n) is 6.63. The molecule has 1 saturated heterocycles. The van der Waals surface area contributed by atoms with Gasteiger partial charge in [0.05, 0.1) is 18.8 Å². The molecular formula is C17H32N4O3. The van der Waals surface area contributed by atoms with E-state index in [1.165, 1.54) is 6.42 Å². The summed E-state index contributed by atoms with van der Waals surface area (Å²) in [5.74, 6) is 0.833. The fraction of sp³-hybridized carbons (Fsp3) is 0.882. The number of carbonyl (C=O) groups excluding carboxylic acids is 1. The highest BCUT2D eigenvalue weighted by molar-refractivity contribution is 5.80. The third kappa shape index (κ3) is 5.26. The van der Waals surface area contributed by atoms with E-state index in [-0.39, 0.29) is 6.09 Å². The minimum Gasteiger partial charge on any atom is -0.450 e. The number of hydrogen-bond donors (Lipinski definition) is 2. The van der Waals surface area contributed by atoms with Gasteiger partial charge in [-0.1, -0.05) is 19.3 Å². The second-order valence-corrected chi connectivity index (χ2v) is 6.63. The Balaban J connectivity index is 1.91. The van der Waals surface area contributed by atoms with Gasteiger partial charge in [-0.3, -0.25) is 4.99 Å². The summed E-state index contributed by atoms with van der Waals surface area (Å²) < 4.78 is 5.05. The van der Waals surface area contributed by atoms with E-state index in [1.54, 1.807) is 4.90 Å². The zero-order chi connectivity index (χ0) is 17.4. The standard InChI is InChI=1S/C17H32N4O3/c1-3-18-15(19-14-17(23)8-6-5-7-9-17)20-10-12-21(13-11-20)16(22)24-4-2/h23H,3-14H2,1-2H3,(H,18,19). The zero-order valence-electron chi connectivity index (χ0n) is 15.1. The molecule has 0 aromatic carbocycles. The number of ether oxygens (including phenoxy) is 1. The molecular weight excluding hydrogens is 308 g/mol. The summed E-state index contributed by atoms with van der Waals surface area (Å²) in [4.78, 5) is 20.4. The van der Waals surface area contributed by atoms with Crippen molar-refractivity contribution in [2.75, 3.05) is 45.9 Å². The lowest BCUT2D eigenvalue weighted by atomic mass is 9.85. The normalized spacial score (nSPS) is 21.5. The van der Waals surface area contributed by atoms with Gasteiger partial charge in [0.15, 0.2) is 5.96 Å². The number of hydrogen-bond acceptors (Lipinski definition) is 4. The van der Waals surface area contributed by atoms with E-state index in [4.69, 9.17) is 4.74 Å². The largest absolute Gasteiger partial charge is 0.450 e. The van der Waals surface area contributed by atoms with Gasteiger partial charge in [0.2, 0.25) is 0 Å². The minimum absolute atomic E-state index is 0.240. The van der Waals surface area contributed by atoms with Crippen LogP contribution < -0.4 is 5.32 Å². The molecule has 2 fully saturated rings. The fourth-order valence-corrected chi connectivity index (χ4v) is 3.33. The number of nitrogens with zero attached hydrogens (tertiary/aromatic N) is 3. The maximum absolute atomic E-state index is 11.8. The summed E-state index contributed by atoms with van der Waals surface area (Å²) in [6.45, 7) is 8.22. The zero-order valence-corrected chi connectivity index (χ0v) is 15.1. The predicted molar refractivity (Wildman–Crippen MR) is 94.2 cm³/mol. The van der Waals surface area contributed by atoms with Crippen LogP contribution in [0, 0.1) is 0 Å². The summed E-state index contributed by atoms with van der Waals surface area (Å²) in [6.07, 6.45) is 4.82. The fourth-order valence-electron chi connectivity index (χ4n) is 3.33. The van der Waals surface area contributed by atoms with Crippen LogP contribution in [0.3, 0.4) is 0 Å². The SMILES string of the molecule is CCNC(=NCC1(O)CCCCC1)N1CCN(C(=O)OCC)CC1. The van der Waals surface area contributed by atoms with Crippen molar-refractivity contribution >= 4 is 12.1 Å². The number of piperazine rings is 1. The number of carbonyl (C=O) groups is 1. The van der Waals surface area contributed by atoms with E-state index in [2.05, 4.69) is 15.2 Å². The maximum atomic E-state index is 11.8. The Labute approximate surface area is 145 Å². The molecule has 2 N–H and O–H groups in total. The van der Waals surface area contributed by atoms with E-state index in [9.17, 15) is 9.90 Å². The lowest BCUT2D eigenvalue weighted by Gasteiger charge is -2.36. The quantitative estimate of drug-likeness (QED) is 0.598. The van der Waals surface area contributed by atoms with Crippen LogP contribution in [0.4, 0.5) is 4.79 Å². The molecule has 0 aromatic rings. The molecule has 1 aliphatic carbocycles. The summed E-state index contributed by atoms with van der Waals surface area (Å²) in [7, 11) is 0. The first-order valence-corrected chi connectivity index (χ1v) is 9.25. The highest BCUT2D eigenvalue weighted by Crippen LogP contribution is 2.28. The van der Waals surface area contributed by atoms with Crippen LogP contribution >= 0.6 is 0 Å². The van der Waals surface area contributed by atoms with Gasteiger partial charge < -0.3 is 25.0 Å². The molecule has 0 radical (unpaired) electrons. The molecule has 0 aromatic heterocycles. The van der Waals surface area contributed by atoms with Crippen molar-refractivity contribution in [2.24, 2.45) is 4.99 Å². The van der Waals surface area contributed by atoms with Crippen LogP contribution in [0.1, 0.15) is 46.0 Å². The maximum Gasteiger partial charge on any atom is 0.409 e. The molecule has 0 atom stereocenters. The summed E-state index contributed by atoms with van der Waals surface area (Å²) in [5, 5.41) is 13.9. The number of nitrogens with one attached hydrogen (secondary N) is 1. The van der Waals surface area contributed by atoms with Crippen LogP contribution in [0.5, 0.6) is 0 Å². The van der Waals surface area contributed by atoms with Crippen molar-refractivity contribution in [1.82, 2.24) is 15.1 Å². The van der Waals surface area contributed by atoms with Crippen LogP contribution in [-0.2, 0) is 4.74 Å². The Morgan fingerprint density at radius 3 is 2.33 bits per heavy atom. The highest BCUT2D eigenvalue weighted by atomic mass is 16.6. The Kier molecular flexibility index (Phi) is 7.15. The molecule has 0 unspecified atom stereocenters. The van der Waals surface area contributed by atoms with Gasteiger partial charge in [-0.15, -0.1) is 0 Å². The van der Waals surface area contributed by atoms with E-state index in [1.807, 2.05) is 13.8 Å². The Hall–Kier alpha value is -1.50. The van der Waals surface area contributed by atoms with Gasteiger partial charge in [-0.05, 0) is 26.7 Å². The highest BCUT2D eigenvalue weighted by Gasteiger charge is 2.30. The first kappa shape index (κ1) is 18.8. The molecule has 1 aliphatic heterocycles. The monoisotopic (exact) mass is 340 g/mol. The Morgan fingerprint density at radius 2 is 1.75 bits per heavy atom. The molecule has 2 rings (SSSR count). The molecule has 1 amide bonds. The van der Waals surface area contributed by atoms with Crippen molar-refractivity contribution < 1.29 is 14.6 Å². The van der Waals surface area contributed by atoms with Gasteiger partial charge in [0.25, 0.3) is 0 Å². The molecule has 0 bridgehead atoms. The average molecular weight is 340 g/mol. The molecule has 0 spiro atoms. The second kappa shape index (κ2) is 9.11. The lowest BCUT2D eigenvalue weighted by molar-refractivity contribution is 0.0129. The van der Waals surface area contributed by atoms with Crippen molar-refractivity contribution in [3.05, 3.63) is 0 Å². The van der Waals surface area contributed by atoms with Crippen molar-refractivity contribution in [2.45, 2.75) is 51.6 Å². The molecule has 138 valence electrons. The Morgan fingerprint density at radius 1 is 1.12 bits per heavy atom. The van der Waals surface area contributed by atoms with Gasteiger partial charge in [0, 0.05) is 32.7 Å². The first-order valence-electron chi connectivity index (χ1n) is 9.25. The number of guanidine groups is 1. The van der Waals surface area contributed by atoms with Crippen molar-refractivity contribution in [1.29, 1.82) is 0 Å².